The second-order valence-corrected chi connectivity index (χ2v) is 1.87. The molecule has 2 atom stereocenters. The van der Waals surface area contributed by atoms with Crippen LogP contribution in [0.5, 0.6) is 0 Å². The van der Waals surface area contributed by atoms with Gasteiger partial charge in [0.25, 0.3) is 5.72 Å². The molecule has 64 valence electrons. The molecular weight excluding hydrogens is 158 g/mol. The van der Waals surface area contributed by atoms with E-state index in [0.717, 1.165) is 0 Å². The number of hydrogen-bond donors (Lipinski definition) is 5. The van der Waals surface area contributed by atoms with Crippen molar-refractivity contribution in [2.45, 2.75) is 11.8 Å². The van der Waals surface area contributed by atoms with E-state index in [-0.39, 0.29) is 0 Å². The largest absolute Gasteiger partial charge is 0.479 e. The molecule has 0 aliphatic carbocycles. The first-order chi connectivity index (χ1) is 4.80. The number of carboxylic acid groups (broad SMARTS) is 2. The van der Waals surface area contributed by atoms with Crippen LogP contribution in [0.15, 0.2) is 0 Å². The van der Waals surface area contributed by atoms with Crippen molar-refractivity contribution in [2.24, 2.45) is 5.73 Å². The van der Waals surface area contributed by atoms with Gasteiger partial charge in [-0.05, 0) is 0 Å². The standard InChI is InChI=1S/C4H7NO6/c5-4(11,3(9)10)1(6)2(7)8/h1,6,11H,5H2,(H,7,8)(H,9,10). The molecule has 0 saturated carbocycles. The van der Waals surface area contributed by atoms with E-state index in [0.29, 0.717) is 0 Å². The average Bonchev–Trinajstić information content (AvgIpc) is 1.85. The number of aliphatic hydroxyl groups excluding tert-OH is 1. The van der Waals surface area contributed by atoms with E-state index < -0.39 is 23.8 Å². The molecule has 0 aliphatic rings. The van der Waals surface area contributed by atoms with Crippen LogP contribution in [0.4, 0.5) is 0 Å². The molecule has 0 aromatic carbocycles. The lowest BCUT2D eigenvalue weighted by Crippen LogP contribution is -2.60. The number of aliphatic hydroxyl groups is 2. The third-order valence-corrected chi connectivity index (χ3v) is 0.993. The van der Waals surface area contributed by atoms with Gasteiger partial charge in [-0.2, -0.15) is 0 Å². The van der Waals surface area contributed by atoms with E-state index >= 15 is 0 Å². The first-order valence-corrected chi connectivity index (χ1v) is 2.45. The fourth-order valence-corrected chi connectivity index (χ4v) is 0.305. The molecule has 6 N–H and O–H groups in total. The molecule has 0 radical (unpaired) electrons. The van der Waals surface area contributed by atoms with Crippen molar-refractivity contribution in [2.75, 3.05) is 0 Å². The lowest BCUT2D eigenvalue weighted by molar-refractivity contribution is -0.182. The predicted molar refractivity (Wildman–Crippen MR) is 30.4 cm³/mol. The summed E-state index contributed by atoms with van der Waals surface area (Å²) in [5, 5.41) is 33.1. The van der Waals surface area contributed by atoms with Gasteiger partial charge in [-0.15, -0.1) is 0 Å². The molecule has 11 heavy (non-hydrogen) atoms. The minimum atomic E-state index is -3.15. The third-order valence-electron chi connectivity index (χ3n) is 0.993. The summed E-state index contributed by atoms with van der Waals surface area (Å²) in [6, 6.07) is 0. The summed E-state index contributed by atoms with van der Waals surface area (Å²) in [6.45, 7) is 0. The predicted octanol–water partition coefficient (Wildman–Crippen LogP) is -2.84. The number of hydrogen-bond acceptors (Lipinski definition) is 5. The van der Waals surface area contributed by atoms with Gasteiger partial charge in [-0.3, -0.25) is 5.73 Å². The summed E-state index contributed by atoms with van der Waals surface area (Å²) in [6.07, 6.45) is -2.54. The summed E-state index contributed by atoms with van der Waals surface area (Å²) in [4.78, 5) is 19.9. The van der Waals surface area contributed by atoms with Crippen molar-refractivity contribution >= 4 is 11.9 Å². The molecule has 7 heteroatoms. The van der Waals surface area contributed by atoms with Crippen molar-refractivity contribution in [1.82, 2.24) is 0 Å². The Hall–Kier alpha value is -1.18. The zero-order valence-electron chi connectivity index (χ0n) is 5.26. The first kappa shape index (κ1) is 9.82. The molecule has 0 spiro atoms. The maximum Gasteiger partial charge on any atom is 0.354 e. The van der Waals surface area contributed by atoms with E-state index in [1.807, 2.05) is 0 Å². The number of carbonyl (C=O) groups is 2. The molecule has 0 aliphatic heterocycles. The SMILES string of the molecule is NC(O)(C(=O)O)C(O)C(=O)O. The highest BCUT2D eigenvalue weighted by atomic mass is 16.4. The smallest absolute Gasteiger partial charge is 0.354 e. The van der Waals surface area contributed by atoms with Gasteiger partial charge in [0.2, 0.25) is 6.10 Å². The molecule has 7 nitrogen and oxygen atoms in total. The molecule has 0 bridgehead atoms. The van der Waals surface area contributed by atoms with Gasteiger partial charge in [-0.25, -0.2) is 9.59 Å². The Balaban J connectivity index is 4.55. The monoisotopic (exact) mass is 165 g/mol. The first-order valence-electron chi connectivity index (χ1n) is 2.45. The Bertz CT molecular complexity index is 187. The second-order valence-electron chi connectivity index (χ2n) is 1.87. The van der Waals surface area contributed by atoms with Gasteiger partial charge in [0.1, 0.15) is 0 Å². The summed E-state index contributed by atoms with van der Waals surface area (Å²) in [5.41, 5.74) is 1.38. The maximum absolute atomic E-state index is 9.97. The van der Waals surface area contributed by atoms with Crippen LogP contribution >= 0.6 is 0 Å². The molecule has 0 heterocycles. The number of carboxylic acids is 2. The number of aliphatic carboxylic acids is 2. The van der Waals surface area contributed by atoms with Gasteiger partial charge in [0.05, 0.1) is 0 Å². The Morgan fingerprint density at radius 2 is 1.73 bits per heavy atom. The maximum atomic E-state index is 9.97. The van der Waals surface area contributed by atoms with Crippen LogP contribution in [0.1, 0.15) is 0 Å². The highest BCUT2D eigenvalue weighted by Crippen LogP contribution is 2.02. The normalized spacial score (nSPS) is 18.5. The zero-order valence-corrected chi connectivity index (χ0v) is 5.26. The Morgan fingerprint density at radius 3 is 1.82 bits per heavy atom. The molecule has 0 saturated heterocycles. The molecular formula is C4H7NO6. The minimum absolute atomic E-state index is 1.91. The van der Waals surface area contributed by atoms with Gasteiger partial charge >= 0.3 is 11.9 Å². The quantitative estimate of drug-likeness (QED) is 0.283. The Kier molecular flexibility index (Phi) is 2.52. The highest BCUT2D eigenvalue weighted by molar-refractivity contribution is 5.86. The lowest BCUT2D eigenvalue weighted by Gasteiger charge is -2.20. The van der Waals surface area contributed by atoms with E-state index in [4.69, 9.17) is 20.4 Å². The minimum Gasteiger partial charge on any atom is -0.479 e. The average molecular weight is 165 g/mol. The number of nitrogens with two attached hydrogens (primary N) is 1. The van der Waals surface area contributed by atoms with Gasteiger partial charge in [0.15, 0.2) is 0 Å². The van der Waals surface area contributed by atoms with Crippen LogP contribution in [0.2, 0.25) is 0 Å². The van der Waals surface area contributed by atoms with Crippen molar-refractivity contribution in [3.8, 4) is 0 Å². The Morgan fingerprint density at radius 1 is 1.36 bits per heavy atom. The van der Waals surface area contributed by atoms with Crippen LogP contribution in [0.25, 0.3) is 0 Å². The van der Waals surface area contributed by atoms with Crippen LogP contribution in [0, 0.1) is 0 Å². The molecule has 2 unspecified atom stereocenters. The van der Waals surface area contributed by atoms with Crippen molar-refractivity contribution in [3.63, 3.8) is 0 Å². The fraction of sp³-hybridized carbons (Fsp3) is 0.500. The molecule has 0 aromatic rings. The van der Waals surface area contributed by atoms with E-state index in [9.17, 15) is 9.59 Å². The highest BCUT2D eigenvalue weighted by Gasteiger charge is 2.44. The summed E-state index contributed by atoms with van der Waals surface area (Å²) in [5.74, 6) is -3.91. The summed E-state index contributed by atoms with van der Waals surface area (Å²) >= 11 is 0. The molecule has 0 amide bonds. The van der Waals surface area contributed by atoms with Gasteiger partial charge in [0, 0.05) is 0 Å². The second kappa shape index (κ2) is 2.82. The van der Waals surface area contributed by atoms with Gasteiger partial charge < -0.3 is 20.4 Å². The van der Waals surface area contributed by atoms with Crippen LogP contribution in [0.3, 0.4) is 0 Å². The topological polar surface area (TPSA) is 141 Å². The van der Waals surface area contributed by atoms with Crippen LogP contribution < -0.4 is 5.73 Å². The fourth-order valence-electron chi connectivity index (χ4n) is 0.305. The molecule has 0 aromatic heterocycles. The van der Waals surface area contributed by atoms with Crippen molar-refractivity contribution < 1.29 is 30.0 Å². The molecule has 0 rings (SSSR count). The Labute approximate surface area is 60.7 Å². The van der Waals surface area contributed by atoms with Gasteiger partial charge in [-0.1, -0.05) is 0 Å². The van der Waals surface area contributed by atoms with Crippen LogP contribution in [-0.2, 0) is 9.59 Å². The van der Waals surface area contributed by atoms with Crippen LogP contribution in [-0.4, -0.2) is 44.2 Å². The molecule has 0 fully saturated rings. The van der Waals surface area contributed by atoms with E-state index in [1.54, 1.807) is 0 Å². The lowest BCUT2D eigenvalue weighted by atomic mass is 10.1. The zero-order chi connectivity index (χ0) is 9.23. The van der Waals surface area contributed by atoms with Crippen molar-refractivity contribution in [3.05, 3.63) is 0 Å². The summed E-state index contributed by atoms with van der Waals surface area (Å²) < 4.78 is 0. The van der Waals surface area contributed by atoms with E-state index in [2.05, 4.69) is 5.73 Å². The van der Waals surface area contributed by atoms with Crippen molar-refractivity contribution in [1.29, 1.82) is 0 Å². The number of rotatable bonds is 3. The third kappa shape index (κ3) is 1.87. The van der Waals surface area contributed by atoms with E-state index in [1.165, 1.54) is 0 Å². The summed E-state index contributed by atoms with van der Waals surface area (Å²) in [7, 11) is 0.